The van der Waals surface area contributed by atoms with Gasteiger partial charge in [0.05, 0.1) is 12.7 Å². The van der Waals surface area contributed by atoms with Crippen LogP contribution in [0, 0.1) is 5.92 Å². The molecule has 7 heteroatoms. The molecule has 4 atom stereocenters. The predicted molar refractivity (Wildman–Crippen MR) is 99.3 cm³/mol. The van der Waals surface area contributed by atoms with Gasteiger partial charge in [0.2, 0.25) is 5.91 Å². The van der Waals surface area contributed by atoms with Crippen LogP contribution in [0.5, 0.6) is 0 Å². The number of benzene rings is 1. The van der Waals surface area contributed by atoms with Gasteiger partial charge in [-0.2, -0.15) is 0 Å². The fourth-order valence-electron chi connectivity index (χ4n) is 4.31. The van der Waals surface area contributed by atoms with E-state index in [1.165, 1.54) is 14.0 Å². The molecule has 1 amide bonds. The zero-order valence-corrected chi connectivity index (χ0v) is 16.1. The Labute approximate surface area is 164 Å². The Hall–Kier alpha value is -2.70. The molecule has 2 aliphatic heterocycles. The summed E-state index contributed by atoms with van der Waals surface area (Å²) < 4.78 is 10.7. The highest BCUT2D eigenvalue weighted by Crippen LogP contribution is 2.42. The molecule has 0 aliphatic carbocycles. The van der Waals surface area contributed by atoms with Crippen molar-refractivity contribution in [2.24, 2.45) is 5.92 Å². The summed E-state index contributed by atoms with van der Waals surface area (Å²) in [5.74, 6) is -1.88. The van der Waals surface area contributed by atoms with Crippen LogP contribution in [0.1, 0.15) is 49.4 Å². The molecule has 1 aromatic rings. The summed E-state index contributed by atoms with van der Waals surface area (Å²) in [6.07, 6.45) is 1.45. The van der Waals surface area contributed by atoms with Crippen LogP contribution in [0.2, 0.25) is 0 Å². The third kappa shape index (κ3) is 4.08. The van der Waals surface area contributed by atoms with Crippen molar-refractivity contribution in [1.29, 1.82) is 0 Å². The zero-order chi connectivity index (χ0) is 20.3. The van der Waals surface area contributed by atoms with E-state index >= 15 is 0 Å². The van der Waals surface area contributed by atoms with Gasteiger partial charge in [0.15, 0.2) is 0 Å². The van der Waals surface area contributed by atoms with Crippen molar-refractivity contribution in [3.05, 3.63) is 35.9 Å². The third-order valence-corrected chi connectivity index (χ3v) is 5.59. The first-order valence-electron chi connectivity index (χ1n) is 9.56. The van der Waals surface area contributed by atoms with Crippen LogP contribution in [0.25, 0.3) is 0 Å². The monoisotopic (exact) mass is 387 g/mol. The molecule has 2 bridgehead atoms. The minimum Gasteiger partial charge on any atom is -0.469 e. The number of hydrogen-bond acceptors (Lipinski definition) is 6. The molecular formula is C21H25NO6. The molecule has 1 aromatic carbocycles. The first kappa shape index (κ1) is 20.0. The SMILES string of the molecule is COC(=O)[C@H]1C(OC(=O)c2ccccc2)CC2CCC1N2C(=O)CCC(C)=O. The largest absolute Gasteiger partial charge is 0.469 e. The highest BCUT2D eigenvalue weighted by Gasteiger charge is 2.53. The average molecular weight is 387 g/mol. The van der Waals surface area contributed by atoms with Crippen molar-refractivity contribution in [3.63, 3.8) is 0 Å². The highest BCUT2D eigenvalue weighted by molar-refractivity contribution is 5.90. The number of Topliss-reactive ketones (excluding diaryl/α,β-unsaturated/α-hetero) is 1. The maximum absolute atomic E-state index is 12.7. The van der Waals surface area contributed by atoms with E-state index in [4.69, 9.17) is 9.47 Å². The first-order valence-corrected chi connectivity index (χ1v) is 9.56. The summed E-state index contributed by atoms with van der Waals surface area (Å²) in [4.78, 5) is 50.7. The standard InChI is InChI=1S/C21H25NO6/c1-13(23)8-11-18(24)22-15-9-10-16(22)19(21(26)27-2)17(12-15)28-20(25)14-6-4-3-5-7-14/h3-7,15-17,19H,8-12H2,1-2H3/t15?,16?,17?,19-/m1/s1. The van der Waals surface area contributed by atoms with Gasteiger partial charge in [0.1, 0.15) is 17.8 Å². The molecule has 0 spiro atoms. The van der Waals surface area contributed by atoms with Crippen molar-refractivity contribution in [3.8, 4) is 0 Å². The second kappa shape index (κ2) is 8.54. The van der Waals surface area contributed by atoms with Gasteiger partial charge in [-0.1, -0.05) is 18.2 Å². The third-order valence-electron chi connectivity index (χ3n) is 5.59. The molecule has 0 saturated carbocycles. The number of ether oxygens (including phenoxy) is 2. The van der Waals surface area contributed by atoms with E-state index in [2.05, 4.69) is 0 Å². The van der Waals surface area contributed by atoms with E-state index < -0.39 is 24.0 Å². The van der Waals surface area contributed by atoms with Gasteiger partial charge in [-0.05, 0) is 31.9 Å². The molecule has 0 radical (unpaired) electrons. The smallest absolute Gasteiger partial charge is 0.338 e. The van der Waals surface area contributed by atoms with E-state index in [1.54, 1.807) is 35.2 Å². The van der Waals surface area contributed by atoms with E-state index in [-0.39, 0.29) is 36.6 Å². The molecule has 2 saturated heterocycles. The number of fused-ring (bicyclic) bond motifs is 2. The van der Waals surface area contributed by atoms with Crippen LogP contribution in [0.3, 0.4) is 0 Å². The Morgan fingerprint density at radius 3 is 2.43 bits per heavy atom. The van der Waals surface area contributed by atoms with Gasteiger partial charge >= 0.3 is 11.9 Å². The lowest BCUT2D eigenvalue weighted by Gasteiger charge is -2.42. The first-order chi connectivity index (χ1) is 13.4. The number of hydrogen-bond donors (Lipinski definition) is 0. The van der Waals surface area contributed by atoms with Gasteiger partial charge in [0.25, 0.3) is 0 Å². The highest BCUT2D eigenvalue weighted by atomic mass is 16.6. The van der Waals surface area contributed by atoms with Gasteiger partial charge in [-0.25, -0.2) is 4.79 Å². The maximum Gasteiger partial charge on any atom is 0.338 e. The van der Waals surface area contributed by atoms with Crippen LogP contribution >= 0.6 is 0 Å². The quantitative estimate of drug-likeness (QED) is 0.695. The van der Waals surface area contributed by atoms with Crippen LogP contribution in [-0.2, 0) is 23.9 Å². The topological polar surface area (TPSA) is 90.0 Å². The molecule has 150 valence electrons. The van der Waals surface area contributed by atoms with Crippen LogP contribution in [0.15, 0.2) is 30.3 Å². The number of methoxy groups -OCH3 is 1. The second-order valence-corrected chi connectivity index (χ2v) is 7.40. The molecular weight excluding hydrogens is 362 g/mol. The molecule has 2 aliphatic rings. The number of ketones is 1. The molecule has 2 heterocycles. The molecule has 0 aromatic heterocycles. The van der Waals surface area contributed by atoms with Crippen LogP contribution in [-0.4, -0.2) is 53.8 Å². The summed E-state index contributed by atoms with van der Waals surface area (Å²) in [6.45, 7) is 1.45. The number of carbonyl (C=O) groups excluding carboxylic acids is 4. The fourth-order valence-corrected chi connectivity index (χ4v) is 4.31. The average Bonchev–Trinajstić information content (AvgIpc) is 3.00. The fraction of sp³-hybridized carbons (Fsp3) is 0.524. The Kier molecular flexibility index (Phi) is 6.11. The number of rotatable bonds is 6. The summed E-state index contributed by atoms with van der Waals surface area (Å²) in [5, 5.41) is 0. The Morgan fingerprint density at radius 2 is 1.79 bits per heavy atom. The van der Waals surface area contributed by atoms with Crippen LogP contribution < -0.4 is 0 Å². The van der Waals surface area contributed by atoms with Crippen molar-refractivity contribution in [1.82, 2.24) is 4.90 Å². The lowest BCUT2D eigenvalue weighted by Crippen LogP contribution is -2.57. The Bertz CT molecular complexity index is 761. The lowest BCUT2D eigenvalue weighted by atomic mass is 9.86. The van der Waals surface area contributed by atoms with Crippen LogP contribution in [0.4, 0.5) is 0 Å². The number of amides is 1. The van der Waals surface area contributed by atoms with Gasteiger partial charge in [-0.3, -0.25) is 9.59 Å². The van der Waals surface area contributed by atoms with Gasteiger partial charge in [-0.15, -0.1) is 0 Å². The van der Waals surface area contributed by atoms with Crippen molar-refractivity contribution >= 4 is 23.6 Å². The lowest BCUT2D eigenvalue weighted by molar-refractivity contribution is -0.160. The van der Waals surface area contributed by atoms with E-state index in [1.807, 2.05) is 0 Å². The molecule has 2 fully saturated rings. The molecule has 3 rings (SSSR count). The normalized spacial score (nSPS) is 25.9. The molecule has 28 heavy (non-hydrogen) atoms. The van der Waals surface area contributed by atoms with Crippen molar-refractivity contribution < 1.29 is 28.7 Å². The number of esters is 2. The van der Waals surface area contributed by atoms with Crippen molar-refractivity contribution in [2.45, 2.75) is 57.2 Å². The zero-order valence-electron chi connectivity index (χ0n) is 16.1. The van der Waals surface area contributed by atoms with Gasteiger partial charge in [0, 0.05) is 31.3 Å². The van der Waals surface area contributed by atoms with E-state index in [9.17, 15) is 19.2 Å². The summed E-state index contributed by atoms with van der Waals surface area (Å²) >= 11 is 0. The maximum atomic E-state index is 12.7. The molecule has 0 N–H and O–H groups in total. The summed E-state index contributed by atoms with van der Waals surface area (Å²) in [6, 6.07) is 8.13. The molecule has 7 nitrogen and oxygen atoms in total. The van der Waals surface area contributed by atoms with Crippen molar-refractivity contribution in [2.75, 3.05) is 7.11 Å². The second-order valence-electron chi connectivity index (χ2n) is 7.40. The number of nitrogens with zero attached hydrogens (tertiary/aromatic N) is 1. The van der Waals surface area contributed by atoms with E-state index in [0.29, 0.717) is 18.4 Å². The Balaban J connectivity index is 1.78. The Morgan fingerprint density at radius 1 is 1.07 bits per heavy atom. The minimum absolute atomic E-state index is 0.0445. The number of carbonyl (C=O) groups is 4. The minimum atomic E-state index is -0.724. The molecule has 3 unspecified atom stereocenters. The predicted octanol–water partition coefficient (Wildman–Crippen LogP) is 2.13. The summed E-state index contributed by atoms with van der Waals surface area (Å²) in [7, 11) is 1.29. The van der Waals surface area contributed by atoms with E-state index in [0.717, 1.165) is 6.42 Å². The van der Waals surface area contributed by atoms with Gasteiger partial charge < -0.3 is 19.2 Å². The number of piperidine rings is 1. The summed E-state index contributed by atoms with van der Waals surface area (Å²) in [5.41, 5.74) is 0.415.